The van der Waals surface area contributed by atoms with Crippen molar-refractivity contribution in [3.8, 4) is 17.4 Å². The van der Waals surface area contributed by atoms with E-state index < -0.39 is 12.8 Å². The summed E-state index contributed by atoms with van der Waals surface area (Å²) in [5, 5.41) is 6.29. The Morgan fingerprint density at radius 1 is 1.03 bits per heavy atom. The maximum absolute atomic E-state index is 12.3. The number of aliphatic imine (C=N–C) groups is 1. The van der Waals surface area contributed by atoms with E-state index in [1.54, 1.807) is 27.3 Å². The van der Waals surface area contributed by atoms with Gasteiger partial charge in [-0.15, -0.1) is 24.0 Å². The number of nitrogens with one attached hydrogen (secondary N) is 2. The first kappa shape index (κ1) is 26.6. The van der Waals surface area contributed by atoms with E-state index in [0.717, 1.165) is 12.0 Å². The molecule has 7 nitrogen and oxygen atoms in total. The van der Waals surface area contributed by atoms with E-state index in [4.69, 9.17) is 9.47 Å². The van der Waals surface area contributed by atoms with E-state index in [-0.39, 0.29) is 29.9 Å². The second-order valence-corrected chi connectivity index (χ2v) is 6.20. The van der Waals surface area contributed by atoms with Gasteiger partial charge in [-0.1, -0.05) is 6.07 Å². The van der Waals surface area contributed by atoms with Crippen LogP contribution in [0.2, 0.25) is 0 Å². The third kappa shape index (κ3) is 9.49. The van der Waals surface area contributed by atoms with Gasteiger partial charge in [0.1, 0.15) is 0 Å². The number of hydrogen-bond donors (Lipinski definition) is 2. The molecule has 0 amide bonds. The fourth-order valence-electron chi connectivity index (χ4n) is 2.56. The van der Waals surface area contributed by atoms with Crippen LogP contribution in [0.1, 0.15) is 11.1 Å². The van der Waals surface area contributed by atoms with Crippen LogP contribution in [0.3, 0.4) is 0 Å². The monoisotopic (exact) mass is 554 g/mol. The maximum Gasteiger partial charge on any atom is 0.422 e. The highest BCUT2D eigenvalue weighted by Gasteiger charge is 2.28. The summed E-state index contributed by atoms with van der Waals surface area (Å²) in [5.41, 5.74) is 1.78. The van der Waals surface area contributed by atoms with Gasteiger partial charge in [0, 0.05) is 32.4 Å². The molecule has 2 aromatic rings. The summed E-state index contributed by atoms with van der Waals surface area (Å²) in [7, 11) is 4.81. The summed E-state index contributed by atoms with van der Waals surface area (Å²) in [6.45, 7) is -0.414. The Balaban J connectivity index is 0.00000480. The van der Waals surface area contributed by atoms with Gasteiger partial charge in [0.25, 0.3) is 0 Å². The Bertz CT molecular complexity index is 851. The molecular weight excluding hydrogens is 528 g/mol. The number of benzene rings is 1. The third-order valence-corrected chi connectivity index (χ3v) is 4.02. The lowest BCUT2D eigenvalue weighted by Gasteiger charge is -2.13. The zero-order valence-corrected chi connectivity index (χ0v) is 19.8. The fraction of sp³-hybridized carbons (Fsp3) is 0.400. The van der Waals surface area contributed by atoms with Crippen molar-refractivity contribution < 1.29 is 27.4 Å². The van der Waals surface area contributed by atoms with Crippen molar-refractivity contribution in [1.82, 2.24) is 15.6 Å². The van der Waals surface area contributed by atoms with Gasteiger partial charge in [-0.3, -0.25) is 4.99 Å². The topological polar surface area (TPSA) is 77.0 Å². The van der Waals surface area contributed by atoms with Crippen LogP contribution < -0.4 is 24.8 Å². The Hall–Kier alpha value is -2.44. The van der Waals surface area contributed by atoms with Crippen LogP contribution in [0.25, 0.3) is 0 Å². The minimum atomic E-state index is -4.41. The van der Waals surface area contributed by atoms with Gasteiger partial charge in [-0.25, -0.2) is 4.98 Å². The number of halogens is 4. The number of alkyl halides is 3. The second kappa shape index (κ2) is 13.1. The van der Waals surface area contributed by atoms with Crippen molar-refractivity contribution in [3.05, 3.63) is 47.7 Å². The number of hydrogen-bond acceptors (Lipinski definition) is 5. The largest absolute Gasteiger partial charge is 0.493 e. The molecule has 0 saturated carbocycles. The summed E-state index contributed by atoms with van der Waals surface area (Å²) < 4.78 is 52.0. The average molecular weight is 554 g/mol. The van der Waals surface area contributed by atoms with E-state index >= 15 is 0 Å². The molecule has 0 spiro atoms. The quantitative estimate of drug-likeness (QED) is 0.281. The van der Waals surface area contributed by atoms with Crippen molar-refractivity contribution in [2.75, 3.05) is 34.4 Å². The fourth-order valence-corrected chi connectivity index (χ4v) is 2.56. The summed E-state index contributed by atoms with van der Waals surface area (Å²) in [4.78, 5) is 7.92. The highest BCUT2D eigenvalue weighted by atomic mass is 127. The number of nitrogens with zero attached hydrogens (tertiary/aromatic N) is 2. The highest BCUT2D eigenvalue weighted by molar-refractivity contribution is 14.0. The lowest BCUT2D eigenvalue weighted by atomic mass is 10.1. The first-order valence-electron chi connectivity index (χ1n) is 9.14. The summed E-state index contributed by atoms with van der Waals surface area (Å²) in [6.07, 6.45) is -2.28. The molecule has 0 saturated heterocycles. The Morgan fingerprint density at radius 2 is 1.77 bits per heavy atom. The molecule has 0 bridgehead atoms. The smallest absolute Gasteiger partial charge is 0.422 e. The molecular formula is C20H26F3IN4O3. The van der Waals surface area contributed by atoms with Crippen LogP contribution in [0.4, 0.5) is 13.2 Å². The number of ether oxygens (including phenoxy) is 3. The van der Waals surface area contributed by atoms with Crippen LogP contribution in [0.15, 0.2) is 41.5 Å². The third-order valence-electron chi connectivity index (χ3n) is 4.02. The molecule has 31 heavy (non-hydrogen) atoms. The van der Waals surface area contributed by atoms with Gasteiger partial charge < -0.3 is 24.8 Å². The van der Waals surface area contributed by atoms with E-state index in [9.17, 15) is 13.2 Å². The van der Waals surface area contributed by atoms with Crippen LogP contribution in [-0.2, 0) is 13.0 Å². The lowest BCUT2D eigenvalue weighted by molar-refractivity contribution is -0.154. The van der Waals surface area contributed by atoms with Crippen molar-refractivity contribution in [2.45, 2.75) is 19.1 Å². The molecule has 0 aliphatic carbocycles. The number of rotatable bonds is 9. The molecule has 0 aliphatic rings. The number of methoxy groups -OCH3 is 2. The average Bonchev–Trinajstić information content (AvgIpc) is 2.74. The number of aromatic nitrogens is 1. The van der Waals surface area contributed by atoms with Gasteiger partial charge in [0.15, 0.2) is 24.1 Å². The molecule has 0 fully saturated rings. The molecule has 1 aromatic heterocycles. The van der Waals surface area contributed by atoms with E-state index in [1.165, 1.54) is 12.3 Å². The Kier molecular flexibility index (Phi) is 11.2. The highest BCUT2D eigenvalue weighted by Crippen LogP contribution is 2.27. The van der Waals surface area contributed by atoms with Crippen molar-refractivity contribution in [2.24, 2.45) is 4.99 Å². The lowest BCUT2D eigenvalue weighted by Crippen LogP contribution is -2.37. The molecule has 1 heterocycles. The normalized spacial score (nSPS) is 11.4. The summed E-state index contributed by atoms with van der Waals surface area (Å²) in [5.74, 6) is 1.81. The van der Waals surface area contributed by atoms with Crippen molar-refractivity contribution in [3.63, 3.8) is 0 Å². The minimum absolute atomic E-state index is 0. The van der Waals surface area contributed by atoms with Gasteiger partial charge in [-0.05, 0) is 35.7 Å². The second-order valence-electron chi connectivity index (χ2n) is 6.20. The van der Waals surface area contributed by atoms with E-state index in [2.05, 4.69) is 25.3 Å². The van der Waals surface area contributed by atoms with Crippen molar-refractivity contribution >= 4 is 29.9 Å². The summed E-state index contributed by atoms with van der Waals surface area (Å²) >= 11 is 0. The zero-order valence-electron chi connectivity index (χ0n) is 17.5. The SMILES string of the molecule is CN=C(NCCc1ccc(OC)c(OC)c1)NCc1ccnc(OCC(F)(F)F)c1.I. The van der Waals surface area contributed by atoms with Gasteiger partial charge in [-0.2, -0.15) is 13.2 Å². The van der Waals surface area contributed by atoms with E-state index in [0.29, 0.717) is 36.1 Å². The molecule has 2 N–H and O–H groups in total. The molecule has 2 rings (SSSR count). The predicted molar refractivity (Wildman–Crippen MR) is 123 cm³/mol. The Labute approximate surface area is 196 Å². The maximum atomic E-state index is 12.3. The molecule has 11 heteroatoms. The number of pyridine rings is 1. The van der Waals surface area contributed by atoms with Gasteiger partial charge >= 0.3 is 6.18 Å². The Morgan fingerprint density at radius 3 is 2.42 bits per heavy atom. The molecule has 0 unspecified atom stereocenters. The van der Waals surface area contributed by atoms with Crippen LogP contribution >= 0.6 is 24.0 Å². The van der Waals surface area contributed by atoms with E-state index in [1.807, 2.05) is 18.2 Å². The molecule has 0 radical (unpaired) electrons. The molecule has 0 atom stereocenters. The van der Waals surface area contributed by atoms with Crippen LogP contribution in [0, 0.1) is 0 Å². The predicted octanol–water partition coefficient (Wildman–Crippen LogP) is 3.57. The molecule has 0 aliphatic heterocycles. The number of guanidine groups is 1. The van der Waals surface area contributed by atoms with Crippen LogP contribution in [-0.4, -0.2) is 51.5 Å². The zero-order chi connectivity index (χ0) is 22.0. The van der Waals surface area contributed by atoms with Gasteiger partial charge in [0.05, 0.1) is 14.2 Å². The standard InChI is InChI=1S/C20H25F3N4O3.HI/c1-24-19(26-9-6-14-4-5-16(28-2)17(10-14)29-3)27-12-15-7-8-25-18(11-15)30-13-20(21,22)23;/h4-5,7-8,10-11H,6,9,12-13H2,1-3H3,(H2,24,26,27);1H. The molecule has 172 valence electrons. The van der Waals surface area contributed by atoms with Crippen molar-refractivity contribution in [1.29, 1.82) is 0 Å². The van der Waals surface area contributed by atoms with Crippen LogP contribution in [0.5, 0.6) is 17.4 Å². The minimum Gasteiger partial charge on any atom is -0.493 e. The first-order chi connectivity index (χ1) is 14.3. The summed E-state index contributed by atoms with van der Waals surface area (Å²) in [6, 6.07) is 8.86. The first-order valence-corrected chi connectivity index (χ1v) is 9.14. The molecule has 1 aromatic carbocycles. The van der Waals surface area contributed by atoms with Gasteiger partial charge in [0.2, 0.25) is 5.88 Å².